The lowest BCUT2D eigenvalue weighted by atomic mass is 9.49. The molecule has 2 aliphatic carbocycles. The van der Waals surface area contributed by atoms with Gasteiger partial charge in [-0.05, 0) is 68.6 Å². The quantitative estimate of drug-likeness (QED) is 0.462. The number of ketones is 1. The van der Waals surface area contributed by atoms with Gasteiger partial charge in [-0.2, -0.15) is 0 Å². The molecule has 5 rings (SSSR count). The van der Waals surface area contributed by atoms with Gasteiger partial charge in [-0.1, -0.05) is 54.6 Å². The zero-order valence-corrected chi connectivity index (χ0v) is 20.7. The lowest BCUT2D eigenvalue weighted by molar-refractivity contribution is -0.134. The molecule has 1 spiro atoms. The van der Waals surface area contributed by atoms with E-state index in [1.807, 2.05) is 56.3 Å². The van der Waals surface area contributed by atoms with E-state index in [2.05, 4.69) is 17.4 Å². The number of aliphatic hydroxyl groups excluding tert-OH is 1. The fourth-order valence-electron chi connectivity index (χ4n) is 5.92. The fourth-order valence-corrected chi connectivity index (χ4v) is 7.01. The van der Waals surface area contributed by atoms with Crippen molar-refractivity contribution in [3.05, 3.63) is 81.0 Å². The van der Waals surface area contributed by atoms with E-state index in [9.17, 15) is 14.7 Å². The zero-order valence-electron chi connectivity index (χ0n) is 19.9. The number of aliphatic hydroxyl groups is 1. The van der Waals surface area contributed by atoms with Crippen molar-refractivity contribution in [3.63, 3.8) is 0 Å². The largest absolute Gasteiger partial charge is 0.384 e. The van der Waals surface area contributed by atoms with Gasteiger partial charge in [0, 0.05) is 27.3 Å². The van der Waals surface area contributed by atoms with Gasteiger partial charge in [0.25, 0.3) is 5.91 Å². The summed E-state index contributed by atoms with van der Waals surface area (Å²) >= 11 is 1.56. The molecule has 2 N–H and O–H groups in total. The highest BCUT2D eigenvalue weighted by Gasteiger charge is 2.54. The van der Waals surface area contributed by atoms with Crippen LogP contribution in [0.15, 0.2) is 54.6 Å². The molecule has 176 valence electrons. The summed E-state index contributed by atoms with van der Waals surface area (Å²) < 4.78 is 0. The van der Waals surface area contributed by atoms with Crippen LogP contribution in [-0.4, -0.2) is 22.8 Å². The second-order valence-electron chi connectivity index (χ2n) is 10.2. The van der Waals surface area contributed by atoms with Crippen LogP contribution in [0, 0.1) is 25.2 Å². The summed E-state index contributed by atoms with van der Waals surface area (Å²) in [7, 11) is 0. The number of hydrogen-bond acceptors (Lipinski definition) is 4. The summed E-state index contributed by atoms with van der Waals surface area (Å²) in [6, 6.07) is 18.2. The fraction of sp³-hybridized carbons (Fsp3) is 0.379. The van der Waals surface area contributed by atoms with Crippen molar-refractivity contribution in [3.8, 4) is 11.1 Å². The maximum atomic E-state index is 13.3. The van der Waals surface area contributed by atoms with E-state index < -0.39 is 6.10 Å². The maximum Gasteiger partial charge on any atom is 0.253 e. The second kappa shape index (κ2) is 8.79. The first kappa shape index (κ1) is 23.0. The molecule has 4 nitrogen and oxygen atoms in total. The summed E-state index contributed by atoms with van der Waals surface area (Å²) in [4.78, 5) is 26.8. The molecule has 0 saturated heterocycles. The Kier molecular flexibility index (Phi) is 5.95. The molecule has 1 unspecified atom stereocenters. The SMILES string of the molecule is CC(=O)C1CC2(CC(NC(=O)c3c(C)sc(C)c3C(O)c3ccc(-c4ccccc4)cc3)C2)C1. The van der Waals surface area contributed by atoms with Crippen LogP contribution in [0.5, 0.6) is 0 Å². The van der Waals surface area contributed by atoms with Crippen LogP contribution in [0.2, 0.25) is 0 Å². The van der Waals surface area contributed by atoms with Crippen LogP contribution in [0.3, 0.4) is 0 Å². The van der Waals surface area contributed by atoms with Crippen molar-refractivity contribution in [2.45, 2.75) is 58.6 Å². The number of amides is 1. The molecule has 1 amide bonds. The van der Waals surface area contributed by atoms with Crippen molar-refractivity contribution in [1.82, 2.24) is 5.32 Å². The Labute approximate surface area is 205 Å². The van der Waals surface area contributed by atoms with Crippen LogP contribution >= 0.6 is 11.3 Å². The van der Waals surface area contributed by atoms with Gasteiger partial charge in [0.2, 0.25) is 0 Å². The smallest absolute Gasteiger partial charge is 0.253 e. The van der Waals surface area contributed by atoms with Gasteiger partial charge in [0.1, 0.15) is 11.9 Å². The Bertz CT molecular complexity index is 1210. The van der Waals surface area contributed by atoms with Crippen molar-refractivity contribution in [1.29, 1.82) is 0 Å². The molecule has 1 aromatic heterocycles. The number of hydrogen-bond donors (Lipinski definition) is 2. The molecule has 0 aliphatic heterocycles. The highest BCUT2D eigenvalue weighted by molar-refractivity contribution is 7.12. The summed E-state index contributed by atoms with van der Waals surface area (Å²) in [5.41, 5.74) is 4.58. The third-order valence-electron chi connectivity index (χ3n) is 7.77. The van der Waals surface area contributed by atoms with E-state index in [4.69, 9.17) is 0 Å². The van der Waals surface area contributed by atoms with E-state index in [0.717, 1.165) is 52.1 Å². The van der Waals surface area contributed by atoms with Gasteiger partial charge in [-0.3, -0.25) is 9.59 Å². The summed E-state index contributed by atoms with van der Waals surface area (Å²) in [5.74, 6) is 0.408. The summed E-state index contributed by atoms with van der Waals surface area (Å²) in [6.45, 7) is 5.60. The number of aryl methyl sites for hydroxylation is 2. The molecular weight excluding hydrogens is 442 g/mol. The minimum Gasteiger partial charge on any atom is -0.384 e. The molecule has 2 saturated carbocycles. The standard InChI is InChI=1S/C29H31NO3S/c1-17(31)23-13-29(14-23)15-24(16-29)30-28(33)26-19(3)34-18(2)25(26)27(32)22-11-9-21(10-12-22)20-7-5-4-6-8-20/h4-12,23-24,27,32H,13-16H2,1-3H3,(H,30,33). The average molecular weight is 474 g/mol. The van der Waals surface area contributed by atoms with E-state index in [-0.39, 0.29) is 29.1 Å². The van der Waals surface area contributed by atoms with Gasteiger partial charge >= 0.3 is 0 Å². The van der Waals surface area contributed by atoms with Crippen LogP contribution in [-0.2, 0) is 4.79 Å². The van der Waals surface area contributed by atoms with Crippen LogP contribution in [0.1, 0.15) is 70.0 Å². The number of carbonyl (C=O) groups is 2. The van der Waals surface area contributed by atoms with E-state index in [1.54, 1.807) is 18.3 Å². The van der Waals surface area contributed by atoms with Crippen molar-refractivity contribution < 1.29 is 14.7 Å². The first-order chi connectivity index (χ1) is 16.3. The molecule has 0 radical (unpaired) electrons. The van der Waals surface area contributed by atoms with E-state index in [0.29, 0.717) is 11.1 Å². The Morgan fingerprint density at radius 2 is 1.56 bits per heavy atom. The number of benzene rings is 2. The van der Waals surface area contributed by atoms with Gasteiger partial charge in [-0.15, -0.1) is 11.3 Å². The topological polar surface area (TPSA) is 66.4 Å². The Balaban J connectivity index is 1.30. The average Bonchev–Trinajstić information content (AvgIpc) is 3.08. The van der Waals surface area contributed by atoms with Gasteiger partial charge in [0.05, 0.1) is 5.56 Å². The van der Waals surface area contributed by atoms with Crippen LogP contribution < -0.4 is 5.32 Å². The highest BCUT2D eigenvalue weighted by atomic mass is 32.1. The highest BCUT2D eigenvalue weighted by Crippen LogP contribution is 2.59. The molecule has 2 fully saturated rings. The first-order valence-corrected chi connectivity index (χ1v) is 12.8. The third-order valence-corrected chi connectivity index (χ3v) is 8.81. The number of nitrogens with one attached hydrogen (secondary N) is 1. The monoisotopic (exact) mass is 473 g/mol. The number of rotatable bonds is 6. The van der Waals surface area contributed by atoms with Crippen LogP contribution in [0.4, 0.5) is 0 Å². The molecule has 5 heteroatoms. The Morgan fingerprint density at radius 3 is 2.18 bits per heavy atom. The number of thiophene rings is 1. The lowest BCUT2D eigenvalue weighted by Gasteiger charge is -2.57. The molecule has 1 atom stereocenters. The van der Waals surface area contributed by atoms with Crippen molar-refractivity contribution in [2.24, 2.45) is 11.3 Å². The van der Waals surface area contributed by atoms with Crippen LogP contribution in [0.25, 0.3) is 11.1 Å². The lowest BCUT2D eigenvalue weighted by Crippen LogP contribution is -2.57. The molecule has 3 aromatic rings. The minimum absolute atomic E-state index is 0.0981. The van der Waals surface area contributed by atoms with Gasteiger partial charge < -0.3 is 10.4 Å². The maximum absolute atomic E-state index is 13.3. The molecule has 2 aromatic carbocycles. The molecular formula is C29H31NO3S. The normalized spacial score (nSPS) is 24.2. The van der Waals surface area contributed by atoms with Gasteiger partial charge in [0.15, 0.2) is 0 Å². The number of Topliss-reactive ketones (excluding diaryl/α,β-unsaturated/α-hetero) is 1. The first-order valence-electron chi connectivity index (χ1n) is 12.0. The predicted octanol–water partition coefficient (Wildman–Crippen LogP) is 5.99. The Morgan fingerprint density at radius 1 is 0.941 bits per heavy atom. The molecule has 2 aliphatic rings. The minimum atomic E-state index is -0.855. The Hall–Kier alpha value is -2.76. The third kappa shape index (κ3) is 4.12. The molecule has 34 heavy (non-hydrogen) atoms. The molecule has 0 bridgehead atoms. The van der Waals surface area contributed by atoms with E-state index in [1.165, 1.54) is 0 Å². The van der Waals surface area contributed by atoms with Crippen molar-refractivity contribution in [2.75, 3.05) is 0 Å². The summed E-state index contributed by atoms with van der Waals surface area (Å²) in [6.07, 6.45) is 2.97. The zero-order chi connectivity index (χ0) is 24.0. The number of carbonyl (C=O) groups excluding carboxylic acids is 2. The second-order valence-corrected chi connectivity index (χ2v) is 11.6. The molecule has 1 heterocycles. The predicted molar refractivity (Wildman–Crippen MR) is 136 cm³/mol. The van der Waals surface area contributed by atoms with Crippen molar-refractivity contribution >= 4 is 23.0 Å². The van der Waals surface area contributed by atoms with Gasteiger partial charge in [-0.25, -0.2) is 0 Å². The summed E-state index contributed by atoms with van der Waals surface area (Å²) in [5, 5.41) is 14.5. The van der Waals surface area contributed by atoms with E-state index >= 15 is 0 Å².